The number of amides is 3. The van der Waals surface area contributed by atoms with Gasteiger partial charge in [0.25, 0.3) is 16.0 Å². The largest absolute Gasteiger partial charge is 0.493 e. The number of ether oxygens (including phenoxy) is 3. The molecule has 0 saturated heterocycles. The van der Waals surface area contributed by atoms with Crippen LogP contribution in [0.5, 0.6) is 17.2 Å². The van der Waals surface area contributed by atoms with E-state index in [0.717, 1.165) is 41.5 Å². The summed E-state index contributed by atoms with van der Waals surface area (Å²) < 4.78 is 51.1. The molecule has 0 spiro atoms. The average Bonchev–Trinajstić information content (AvgIpc) is 3.44. The molecule has 1 heterocycles. The van der Waals surface area contributed by atoms with Crippen molar-refractivity contribution in [1.82, 2.24) is 20.9 Å². The number of nitrogens with zero attached hydrogens (tertiary/aromatic N) is 2. The van der Waals surface area contributed by atoms with E-state index in [2.05, 4.69) is 38.0 Å². The number of hydrazone groups is 1. The van der Waals surface area contributed by atoms with Crippen molar-refractivity contribution in [2.75, 3.05) is 44.9 Å². The van der Waals surface area contributed by atoms with Gasteiger partial charge in [0.15, 0.2) is 5.78 Å². The quantitative estimate of drug-likeness (QED) is 0.0104. The lowest BCUT2D eigenvalue weighted by Crippen LogP contribution is -2.52. The number of carboxylic acids is 1. The summed E-state index contributed by atoms with van der Waals surface area (Å²) >= 11 is 0. The van der Waals surface area contributed by atoms with Gasteiger partial charge < -0.3 is 60.8 Å². The van der Waals surface area contributed by atoms with Gasteiger partial charge in [-0.15, -0.1) is 6.58 Å². The first-order valence-corrected chi connectivity index (χ1v) is 27.4. The predicted octanol–water partition coefficient (Wildman–Crippen LogP) is 3.07. The molecule has 0 bridgehead atoms. The van der Waals surface area contributed by atoms with Crippen LogP contribution in [0.25, 0.3) is 0 Å². The highest BCUT2D eigenvalue weighted by molar-refractivity contribution is 7.86. The fraction of sp³-hybridized carbons (Fsp3) is 0.436. The SMILES string of the molecule is C=CCc1c(OCCCCOc2cccc(OCCCC(=O)NCCCCC(NC(=O)c3ccc(N/N=C/c4ccccc4S(=O)(=O)O)nc3)C(=O)NCC(O)C(O)C(O)C(O)CO)c2CCC(=O)O)ccc2c1CCCC2=O. The standard InChI is InChI=1S/C55H70N6O17S/c1-2-12-39-37-14-9-16-42(63)38(37)22-24-47(39)77-29-8-7-28-76-45-17-10-18-46(40(45)23-26-51(67)68)78-30-11-20-50(66)56-27-6-5-15-41(55(72)58-33-43(64)52(69)53(70)44(65)34-62)60-54(71)36-21-25-49(57-31-36)61-59-32-35-13-3-4-19-48(35)79(73,74)75/h2-4,10,13,17-19,21-22,24-25,31-32,41,43-44,52-53,62,64-65,69-70H,1,5-9,11-12,14-16,20,23,26-30,33-34H2,(H,56,66)(H,57,61)(H,58,72)(H,60,71)(H,67,68)(H,73,74,75)/b59-32+. The number of benzene rings is 3. The van der Waals surface area contributed by atoms with Crippen LogP contribution >= 0.6 is 0 Å². The molecule has 0 saturated carbocycles. The Hall–Kier alpha value is -7.32. The second-order valence-electron chi connectivity index (χ2n) is 18.6. The summed E-state index contributed by atoms with van der Waals surface area (Å²) in [7, 11) is -4.52. The van der Waals surface area contributed by atoms with Crippen molar-refractivity contribution in [3.8, 4) is 17.2 Å². The molecule has 5 unspecified atom stereocenters. The third kappa shape index (κ3) is 19.8. The molecule has 79 heavy (non-hydrogen) atoms. The zero-order valence-electron chi connectivity index (χ0n) is 43.6. The monoisotopic (exact) mass is 1120 g/mol. The minimum atomic E-state index is -4.52. The average molecular weight is 1120 g/mol. The molecule has 0 radical (unpaired) electrons. The molecular weight excluding hydrogens is 1050 g/mol. The molecule has 1 aromatic heterocycles. The number of aromatic nitrogens is 1. The molecular formula is C55H70N6O17S. The lowest BCUT2D eigenvalue weighted by atomic mass is 9.86. The van der Waals surface area contributed by atoms with Gasteiger partial charge in [-0.25, -0.2) is 4.98 Å². The van der Waals surface area contributed by atoms with E-state index in [4.69, 9.17) is 19.3 Å². The molecule has 5 rings (SSSR count). The number of allylic oxidation sites excluding steroid dienone is 1. The van der Waals surface area contributed by atoms with E-state index in [9.17, 15) is 62.5 Å². The van der Waals surface area contributed by atoms with Crippen molar-refractivity contribution >= 4 is 51.6 Å². The molecule has 24 heteroatoms. The number of unbranched alkanes of at least 4 members (excludes halogenated alkanes) is 2. The Kier molecular flexibility index (Phi) is 25.3. The maximum absolute atomic E-state index is 13.4. The lowest BCUT2D eigenvalue weighted by molar-refractivity contribution is -0.137. The Morgan fingerprint density at radius 1 is 0.785 bits per heavy atom. The van der Waals surface area contributed by atoms with Gasteiger partial charge in [-0.1, -0.05) is 30.3 Å². The summed E-state index contributed by atoms with van der Waals surface area (Å²) in [6.45, 7) is 3.47. The zero-order valence-corrected chi connectivity index (χ0v) is 44.4. The van der Waals surface area contributed by atoms with Crippen molar-refractivity contribution in [2.24, 2.45) is 5.10 Å². The molecule has 4 aromatic rings. The lowest BCUT2D eigenvalue weighted by Gasteiger charge is -2.26. The molecule has 3 amide bonds. The number of Topliss-reactive ketones (excluding diaryl/α,β-unsaturated/α-hetero) is 1. The Morgan fingerprint density at radius 2 is 1.47 bits per heavy atom. The first-order valence-electron chi connectivity index (χ1n) is 25.9. The fourth-order valence-electron chi connectivity index (χ4n) is 8.46. The first kappa shape index (κ1) is 62.5. The van der Waals surface area contributed by atoms with Gasteiger partial charge in [0, 0.05) is 60.8 Å². The number of hydrogen-bond donors (Lipinski definition) is 11. The van der Waals surface area contributed by atoms with Crippen molar-refractivity contribution in [2.45, 2.75) is 119 Å². The van der Waals surface area contributed by atoms with Gasteiger partial charge in [0.1, 0.15) is 52.3 Å². The zero-order chi connectivity index (χ0) is 57.3. The van der Waals surface area contributed by atoms with Crippen LogP contribution in [0.15, 0.2) is 95.6 Å². The third-order valence-corrected chi connectivity index (χ3v) is 13.6. The van der Waals surface area contributed by atoms with Gasteiger partial charge in [0.2, 0.25) is 11.8 Å². The van der Waals surface area contributed by atoms with Crippen molar-refractivity contribution in [1.29, 1.82) is 0 Å². The fourth-order valence-corrected chi connectivity index (χ4v) is 9.13. The maximum atomic E-state index is 13.4. The molecule has 5 atom stereocenters. The van der Waals surface area contributed by atoms with E-state index in [-0.39, 0.29) is 72.4 Å². The molecule has 23 nitrogen and oxygen atoms in total. The number of fused-ring (bicyclic) bond motifs is 1. The molecule has 428 valence electrons. The van der Waals surface area contributed by atoms with Crippen LogP contribution < -0.4 is 35.6 Å². The van der Waals surface area contributed by atoms with Crippen LogP contribution in [0.2, 0.25) is 0 Å². The summed E-state index contributed by atoms with van der Waals surface area (Å²) in [4.78, 5) is 67.4. The molecule has 0 aliphatic heterocycles. The number of pyridine rings is 1. The summed E-state index contributed by atoms with van der Waals surface area (Å²) in [6.07, 6.45) is 1.91. The number of carbonyl (C=O) groups is 5. The molecule has 3 aromatic carbocycles. The number of anilines is 1. The van der Waals surface area contributed by atoms with E-state index in [1.165, 1.54) is 36.5 Å². The highest BCUT2D eigenvalue weighted by Gasteiger charge is 2.31. The first-order chi connectivity index (χ1) is 37.9. The highest BCUT2D eigenvalue weighted by atomic mass is 32.2. The number of ketones is 1. The minimum absolute atomic E-state index is 0.0180. The Bertz CT molecular complexity index is 2830. The number of rotatable bonds is 35. The smallest absolute Gasteiger partial charge is 0.303 e. The maximum Gasteiger partial charge on any atom is 0.303 e. The second kappa shape index (κ2) is 31.9. The predicted molar refractivity (Wildman–Crippen MR) is 289 cm³/mol. The number of nitrogens with one attached hydrogen (secondary N) is 4. The minimum Gasteiger partial charge on any atom is -0.493 e. The van der Waals surface area contributed by atoms with E-state index >= 15 is 0 Å². The number of hydrogen-bond acceptors (Lipinski definition) is 18. The van der Waals surface area contributed by atoms with Gasteiger partial charge in [-0.05, 0) is 112 Å². The third-order valence-electron chi connectivity index (χ3n) is 12.7. The topological polar surface area (TPSA) is 362 Å². The number of carboxylic acid groups (broad SMARTS) is 1. The summed E-state index contributed by atoms with van der Waals surface area (Å²) in [6, 6.07) is 16.0. The molecule has 11 N–H and O–H groups in total. The molecule has 1 aliphatic rings. The number of aliphatic hydroxyl groups is 5. The highest BCUT2D eigenvalue weighted by Crippen LogP contribution is 2.33. The van der Waals surface area contributed by atoms with Crippen molar-refractivity contribution in [3.63, 3.8) is 0 Å². The molecule has 0 fully saturated rings. The van der Waals surface area contributed by atoms with Gasteiger partial charge in [-0.2, -0.15) is 13.5 Å². The number of aliphatic hydroxyl groups excluding tert-OH is 5. The summed E-state index contributed by atoms with van der Waals surface area (Å²) in [5.74, 6) is -0.810. The van der Waals surface area contributed by atoms with E-state index in [1.54, 1.807) is 24.3 Å². The van der Waals surface area contributed by atoms with Crippen molar-refractivity contribution in [3.05, 3.63) is 119 Å². The number of carbonyl (C=O) groups excluding carboxylic acids is 4. The van der Waals surface area contributed by atoms with Gasteiger partial charge in [-0.3, -0.25) is 34.0 Å². The van der Waals surface area contributed by atoms with Crippen LogP contribution in [0.3, 0.4) is 0 Å². The van der Waals surface area contributed by atoms with E-state index in [0.29, 0.717) is 75.2 Å². The van der Waals surface area contributed by atoms with Crippen LogP contribution in [-0.4, -0.2) is 154 Å². The second-order valence-corrected chi connectivity index (χ2v) is 19.9. The summed E-state index contributed by atoms with van der Waals surface area (Å²) in [5, 5.41) is 70.6. The Balaban J connectivity index is 1.08. The van der Waals surface area contributed by atoms with Crippen LogP contribution in [-0.2, 0) is 43.8 Å². The Morgan fingerprint density at radius 3 is 2.13 bits per heavy atom. The van der Waals surface area contributed by atoms with Crippen LogP contribution in [0, 0.1) is 0 Å². The van der Waals surface area contributed by atoms with Crippen LogP contribution in [0.4, 0.5) is 5.82 Å². The van der Waals surface area contributed by atoms with Crippen molar-refractivity contribution < 1.29 is 81.8 Å². The van der Waals surface area contributed by atoms with Gasteiger partial charge in [0.05, 0.1) is 44.3 Å². The van der Waals surface area contributed by atoms with Gasteiger partial charge >= 0.3 is 5.97 Å². The number of aliphatic carboxylic acids is 1. The summed E-state index contributed by atoms with van der Waals surface area (Å²) in [5.41, 5.74) is 6.08. The normalized spacial score (nSPS) is 14.2. The van der Waals surface area contributed by atoms with E-state index < -0.39 is 71.5 Å². The molecule has 1 aliphatic carbocycles. The van der Waals surface area contributed by atoms with Crippen LogP contribution in [0.1, 0.15) is 107 Å². The van der Waals surface area contributed by atoms with E-state index in [1.807, 2.05) is 18.2 Å². The Labute approximate surface area is 457 Å².